The summed E-state index contributed by atoms with van der Waals surface area (Å²) in [6.45, 7) is -0.709. The Labute approximate surface area is 119 Å². The number of ether oxygens (including phenoxy) is 2. The quantitative estimate of drug-likeness (QED) is 0.151. The molecule has 0 aliphatic carbocycles. The lowest BCUT2D eigenvalue weighted by Gasteiger charge is -2.06. The van der Waals surface area contributed by atoms with Gasteiger partial charge in [-0.25, -0.2) is 4.79 Å². The molecule has 0 unspecified atom stereocenters. The molecule has 1 aromatic rings. The molecule has 0 fully saturated rings. The Morgan fingerprint density at radius 3 is 2.76 bits per heavy atom. The molecule has 0 aliphatic heterocycles. The molecule has 0 heterocycles. The van der Waals surface area contributed by atoms with Gasteiger partial charge in [0.05, 0.1) is 14.2 Å². The molecule has 1 aromatic carbocycles. The highest BCUT2D eigenvalue weighted by Crippen LogP contribution is 2.27. The molecule has 9 nitrogen and oxygen atoms in total. The Balaban J connectivity index is 3.38. The summed E-state index contributed by atoms with van der Waals surface area (Å²) in [7, 11) is 2.56. The van der Waals surface area contributed by atoms with E-state index in [1.165, 1.54) is 25.3 Å². The largest absolute Gasteiger partial charge is 0.497 e. The van der Waals surface area contributed by atoms with Crippen molar-refractivity contribution in [1.29, 1.82) is 0 Å². The Morgan fingerprint density at radius 2 is 2.24 bits per heavy atom. The average Bonchev–Trinajstić information content (AvgIpc) is 2.47. The van der Waals surface area contributed by atoms with Crippen LogP contribution in [0.15, 0.2) is 28.9 Å². The molecule has 0 saturated heterocycles. The van der Waals surface area contributed by atoms with Crippen LogP contribution >= 0.6 is 0 Å². The van der Waals surface area contributed by atoms with Crippen molar-refractivity contribution in [3.05, 3.63) is 49.9 Å². The van der Waals surface area contributed by atoms with Crippen LogP contribution in [0.5, 0.6) is 5.75 Å². The summed E-state index contributed by atoms with van der Waals surface area (Å²) in [5.41, 5.74) is 8.86. The van der Waals surface area contributed by atoms with Crippen LogP contribution < -0.4 is 4.74 Å². The van der Waals surface area contributed by atoms with E-state index < -0.39 is 17.4 Å². The minimum atomic E-state index is -0.832. The third-order valence-electron chi connectivity index (χ3n) is 2.46. The number of methoxy groups -OCH3 is 2. The molecule has 0 atom stereocenters. The molecule has 0 radical (unpaired) electrons. The van der Waals surface area contributed by atoms with Gasteiger partial charge in [-0.2, -0.15) is 0 Å². The third-order valence-corrected chi connectivity index (χ3v) is 2.46. The molecule has 0 bridgehead atoms. The van der Waals surface area contributed by atoms with Crippen LogP contribution in [0.3, 0.4) is 0 Å². The van der Waals surface area contributed by atoms with Crippen molar-refractivity contribution in [1.82, 2.24) is 0 Å². The average molecular weight is 292 g/mol. The molecule has 0 saturated carbocycles. The van der Waals surface area contributed by atoms with E-state index in [4.69, 9.17) is 10.3 Å². The summed E-state index contributed by atoms with van der Waals surface area (Å²) < 4.78 is 9.52. The second kappa shape index (κ2) is 7.51. The maximum Gasteiger partial charge on any atom is 0.340 e. The molecule has 9 heteroatoms. The summed E-state index contributed by atoms with van der Waals surface area (Å²) in [5.74, 6) is -0.384. The minimum Gasteiger partial charge on any atom is -0.497 e. The number of hydrogen-bond donors (Lipinski definition) is 0. The first-order chi connectivity index (χ1) is 10.0. The maximum atomic E-state index is 11.5. The summed E-state index contributed by atoms with van der Waals surface area (Å²) in [4.78, 5) is 24.2. The van der Waals surface area contributed by atoms with Gasteiger partial charge >= 0.3 is 5.97 Å². The van der Waals surface area contributed by atoms with Crippen molar-refractivity contribution in [3.63, 3.8) is 0 Å². The molecule has 0 aromatic heterocycles. The van der Waals surface area contributed by atoms with E-state index in [0.717, 1.165) is 7.11 Å². The van der Waals surface area contributed by atoms with Crippen LogP contribution in [0.4, 0.5) is 5.69 Å². The Bertz CT molecular complexity index is 635. The fourth-order valence-corrected chi connectivity index (χ4v) is 1.54. The van der Waals surface area contributed by atoms with Gasteiger partial charge in [0.15, 0.2) is 0 Å². The van der Waals surface area contributed by atoms with E-state index in [2.05, 4.69) is 14.8 Å². The normalized spacial score (nSPS) is 10.5. The molecular formula is C12H12N4O5. The molecule has 110 valence electrons. The van der Waals surface area contributed by atoms with E-state index in [-0.39, 0.29) is 11.3 Å². The van der Waals surface area contributed by atoms with Crippen LogP contribution in [0, 0.1) is 10.1 Å². The number of esters is 1. The minimum absolute atomic E-state index is 0.176. The highest BCUT2D eigenvalue weighted by atomic mass is 16.6. The molecule has 0 aliphatic rings. The summed E-state index contributed by atoms with van der Waals surface area (Å²) in [6, 6.07) is 4.53. The van der Waals surface area contributed by atoms with E-state index in [0.29, 0.717) is 11.3 Å². The van der Waals surface area contributed by atoms with Gasteiger partial charge in [0.2, 0.25) is 6.54 Å². The van der Waals surface area contributed by atoms with E-state index >= 15 is 0 Å². The monoisotopic (exact) mass is 292 g/mol. The van der Waals surface area contributed by atoms with Gasteiger partial charge < -0.3 is 9.47 Å². The van der Waals surface area contributed by atoms with Crippen molar-refractivity contribution in [2.45, 2.75) is 0 Å². The van der Waals surface area contributed by atoms with Crippen LogP contribution in [0.2, 0.25) is 0 Å². The molecular weight excluding hydrogens is 280 g/mol. The van der Waals surface area contributed by atoms with Crippen LogP contribution in [-0.2, 0) is 9.53 Å². The Hall–Kier alpha value is -3.06. The van der Waals surface area contributed by atoms with Gasteiger partial charge in [0.25, 0.3) is 0 Å². The fourth-order valence-electron chi connectivity index (χ4n) is 1.54. The second-order valence-corrected chi connectivity index (χ2v) is 3.77. The Kier molecular flexibility index (Phi) is 5.72. The van der Waals surface area contributed by atoms with Gasteiger partial charge in [-0.1, -0.05) is 5.11 Å². The second-order valence-electron chi connectivity index (χ2n) is 3.77. The lowest BCUT2D eigenvalue weighted by molar-refractivity contribution is -0.470. The lowest BCUT2D eigenvalue weighted by atomic mass is 10.1. The number of nitro groups is 1. The summed E-state index contributed by atoms with van der Waals surface area (Å²) in [5, 5.41) is 14.1. The lowest BCUT2D eigenvalue weighted by Crippen LogP contribution is -2.14. The number of hydrogen-bond acceptors (Lipinski definition) is 6. The van der Waals surface area contributed by atoms with E-state index in [1.54, 1.807) is 6.07 Å². The molecule has 0 N–H and O–H groups in total. The van der Waals surface area contributed by atoms with Crippen LogP contribution in [-0.4, -0.2) is 31.7 Å². The number of rotatable bonds is 6. The van der Waals surface area contributed by atoms with Crippen molar-refractivity contribution in [2.75, 3.05) is 20.8 Å². The smallest absolute Gasteiger partial charge is 0.340 e. The molecule has 21 heavy (non-hydrogen) atoms. The first-order valence-electron chi connectivity index (χ1n) is 5.65. The van der Waals surface area contributed by atoms with Crippen molar-refractivity contribution < 1.29 is 19.2 Å². The van der Waals surface area contributed by atoms with Crippen molar-refractivity contribution in [3.8, 4) is 5.75 Å². The third kappa shape index (κ3) is 4.51. The zero-order valence-corrected chi connectivity index (χ0v) is 11.3. The van der Waals surface area contributed by atoms with Crippen molar-refractivity contribution >= 4 is 17.7 Å². The number of nitrogens with zero attached hydrogens (tertiary/aromatic N) is 4. The highest BCUT2D eigenvalue weighted by Gasteiger charge is 2.17. The summed E-state index contributed by atoms with van der Waals surface area (Å²) >= 11 is 0. The van der Waals surface area contributed by atoms with Gasteiger partial charge in [-0.05, 0) is 35.4 Å². The first-order valence-corrected chi connectivity index (χ1v) is 5.65. The first kappa shape index (κ1) is 16.0. The number of azide groups is 1. The maximum absolute atomic E-state index is 11.5. The molecule has 0 amide bonds. The molecule has 0 spiro atoms. The number of carbonyl (C=O) groups excluding carboxylic acids is 1. The van der Waals surface area contributed by atoms with Gasteiger partial charge in [0.1, 0.15) is 11.3 Å². The Morgan fingerprint density at radius 1 is 1.52 bits per heavy atom. The summed E-state index contributed by atoms with van der Waals surface area (Å²) in [6.07, 6.45) is 1.24. The van der Waals surface area contributed by atoms with E-state index in [9.17, 15) is 14.9 Å². The van der Waals surface area contributed by atoms with Crippen molar-refractivity contribution in [2.24, 2.45) is 5.11 Å². The van der Waals surface area contributed by atoms with Crippen LogP contribution in [0.1, 0.15) is 5.56 Å². The fraction of sp³-hybridized carbons (Fsp3) is 0.250. The topological polar surface area (TPSA) is 127 Å². The predicted octanol–water partition coefficient (Wildman–Crippen LogP) is 2.47. The molecule has 1 rings (SSSR count). The number of benzene rings is 1. The zero-order chi connectivity index (χ0) is 15.8. The zero-order valence-electron chi connectivity index (χ0n) is 11.3. The standard InChI is InChI=1S/C12H12N4O5/c1-20-10-3-4-11(14-15-13)8(6-10)5-9(7-16(18)19)12(17)21-2/h3-6H,7H2,1-2H3/b9-5-. The van der Waals surface area contributed by atoms with Gasteiger partial charge in [-0.3, -0.25) is 10.1 Å². The highest BCUT2D eigenvalue weighted by molar-refractivity contribution is 5.94. The number of carbonyl (C=O) groups is 1. The van der Waals surface area contributed by atoms with E-state index in [1.807, 2.05) is 0 Å². The van der Waals surface area contributed by atoms with Gasteiger partial charge in [0, 0.05) is 15.5 Å². The van der Waals surface area contributed by atoms with Crippen LogP contribution in [0.25, 0.3) is 16.5 Å². The predicted molar refractivity (Wildman–Crippen MR) is 73.7 cm³/mol. The SMILES string of the molecule is COC(=O)/C(=C\c1cc(OC)ccc1N=[N+]=[N-])C[N+](=O)[O-]. The van der Waals surface area contributed by atoms with Gasteiger partial charge in [-0.15, -0.1) is 0 Å².